The molecule has 7 heteroatoms. The molecule has 0 aliphatic heterocycles. The zero-order chi connectivity index (χ0) is 21.2. The molecule has 1 aliphatic rings. The van der Waals surface area contributed by atoms with Crippen molar-refractivity contribution in [2.75, 3.05) is 6.61 Å². The van der Waals surface area contributed by atoms with Gasteiger partial charge in [-0.2, -0.15) is 8.42 Å². The number of aliphatic hydroxyl groups is 1. The number of carbonyl (C=O) groups is 1. The number of hydrogen-bond acceptors (Lipinski definition) is 6. The Morgan fingerprint density at radius 3 is 2.36 bits per heavy atom. The van der Waals surface area contributed by atoms with Crippen LogP contribution in [0.2, 0.25) is 0 Å². The number of ether oxygens (including phenoxy) is 1. The van der Waals surface area contributed by atoms with Gasteiger partial charge in [0.15, 0.2) is 0 Å². The molecule has 1 aromatic rings. The Morgan fingerprint density at radius 1 is 1.14 bits per heavy atom. The molecule has 0 heterocycles. The number of esters is 1. The van der Waals surface area contributed by atoms with Gasteiger partial charge in [0.1, 0.15) is 6.10 Å². The third kappa shape index (κ3) is 8.29. The van der Waals surface area contributed by atoms with Crippen molar-refractivity contribution in [2.45, 2.75) is 83.3 Å². The first-order valence-electron chi connectivity index (χ1n) is 10.1. The molecule has 0 aromatic heterocycles. The number of carbonyl (C=O) groups excluding carboxylic acids is 1. The lowest BCUT2D eigenvalue weighted by molar-refractivity contribution is -0.150. The normalized spacial score (nSPS) is 21.0. The van der Waals surface area contributed by atoms with Crippen molar-refractivity contribution < 1.29 is 27.2 Å². The van der Waals surface area contributed by atoms with E-state index in [-0.39, 0.29) is 29.5 Å². The van der Waals surface area contributed by atoms with E-state index in [1.54, 1.807) is 12.1 Å². The minimum Gasteiger partial charge on any atom is -0.462 e. The Morgan fingerprint density at radius 2 is 1.75 bits per heavy atom. The lowest BCUT2D eigenvalue weighted by Gasteiger charge is -2.26. The fourth-order valence-electron chi connectivity index (χ4n) is 3.35. The zero-order valence-electron chi connectivity index (χ0n) is 17.4. The average molecular weight is 415 g/mol. The first-order chi connectivity index (χ1) is 13.3. The van der Waals surface area contributed by atoms with Crippen LogP contribution >= 0.6 is 0 Å². The summed E-state index contributed by atoms with van der Waals surface area (Å²) in [5.74, 6) is -0.309. The van der Waals surface area contributed by atoms with E-state index in [1.807, 2.05) is 20.8 Å². The van der Waals surface area contributed by atoms with E-state index in [1.165, 1.54) is 19.1 Å². The Hall–Kier alpha value is -1.44. The highest BCUT2D eigenvalue weighted by Gasteiger charge is 2.29. The number of hydrogen-bond donors (Lipinski definition) is 1. The Labute approximate surface area is 169 Å². The van der Waals surface area contributed by atoms with Gasteiger partial charge in [0.05, 0.1) is 17.6 Å². The van der Waals surface area contributed by atoms with Gasteiger partial charge in [0.25, 0.3) is 10.1 Å². The predicted molar refractivity (Wildman–Crippen MR) is 108 cm³/mol. The molecule has 28 heavy (non-hydrogen) atoms. The third-order valence-corrected chi connectivity index (χ3v) is 6.00. The van der Waals surface area contributed by atoms with E-state index in [9.17, 15) is 18.3 Å². The number of benzene rings is 1. The molecule has 1 fully saturated rings. The van der Waals surface area contributed by atoms with Crippen molar-refractivity contribution in [3.05, 3.63) is 29.8 Å². The Balaban J connectivity index is 0.00000190. The van der Waals surface area contributed by atoms with Crippen LogP contribution in [0.4, 0.5) is 0 Å². The fourth-order valence-corrected chi connectivity index (χ4v) is 4.29. The van der Waals surface area contributed by atoms with Crippen LogP contribution in [-0.4, -0.2) is 38.3 Å². The second-order valence-electron chi connectivity index (χ2n) is 6.99. The highest BCUT2D eigenvalue weighted by molar-refractivity contribution is 7.86. The van der Waals surface area contributed by atoms with Gasteiger partial charge in [0, 0.05) is 6.92 Å². The Bertz CT molecular complexity index is 683. The van der Waals surface area contributed by atoms with Crippen molar-refractivity contribution in [3.63, 3.8) is 0 Å². The SMILES string of the molecule is CC.CC(=O)O[C@H]1CCCCC[C@H]1C[C@@H](O)COS(=O)(=O)c1ccc(C)cc1. The summed E-state index contributed by atoms with van der Waals surface area (Å²) in [5, 5.41) is 10.3. The molecular formula is C21H34O6S. The summed E-state index contributed by atoms with van der Waals surface area (Å²) in [7, 11) is -3.90. The smallest absolute Gasteiger partial charge is 0.302 e. The molecule has 3 atom stereocenters. The lowest BCUT2D eigenvalue weighted by Crippen LogP contribution is -2.30. The second-order valence-corrected chi connectivity index (χ2v) is 8.60. The van der Waals surface area contributed by atoms with Crippen molar-refractivity contribution >= 4 is 16.1 Å². The molecule has 1 N–H and O–H groups in total. The van der Waals surface area contributed by atoms with Gasteiger partial charge in [-0.3, -0.25) is 8.98 Å². The average Bonchev–Trinajstić information content (AvgIpc) is 2.87. The van der Waals surface area contributed by atoms with Gasteiger partial charge >= 0.3 is 5.97 Å². The quantitative estimate of drug-likeness (QED) is 0.412. The Kier molecular flexibility index (Phi) is 10.7. The maximum Gasteiger partial charge on any atom is 0.302 e. The standard InChI is InChI=1S/C19H28O6S.C2H6/c1-14-8-10-18(11-9-14)26(22,23)24-13-17(21)12-16-6-4-3-5-7-19(16)25-15(2)20;1-2/h8-11,16-17,19,21H,3-7,12-13H2,1-2H3;1-2H3/t16-,17+,19-;/m0./s1. The minimum atomic E-state index is -3.90. The number of aryl methyl sites for hydroxylation is 1. The molecule has 2 rings (SSSR count). The molecule has 6 nitrogen and oxygen atoms in total. The highest BCUT2D eigenvalue weighted by Crippen LogP contribution is 2.29. The van der Waals surface area contributed by atoms with Crippen LogP contribution in [0.1, 0.15) is 64.9 Å². The van der Waals surface area contributed by atoms with Crippen LogP contribution < -0.4 is 0 Å². The molecule has 1 aromatic carbocycles. The largest absolute Gasteiger partial charge is 0.462 e. The van der Waals surface area contributed by atoms with Crippen LogP contribution in [0.3, 0.4) is 0 Å². The van der Waals surface area contributed by atoms with E-state index >= 15 is 0 Å². The third-order valence-electron chi connectivity index (χ3n) is 4.71. The van der Waals surface area contributed by atoms with Crippen LogP contribution in [-0.2, 0) is 23.8 Å². The van der Waals surface area contributed by atoms with Crippen LogP contribution in [0.25, 0.3) is 0 Å². The first-order valence-corrected chi connectivity index (χ1v) is 11.5. The molecule has 0 unspecified atom stereocenters. The monoisotopic (exact) mass is 414 g/mol. The van der Waals surface area contributed by atoms with Gasteiger partial charge in [-0.1, -0.05) is 44.4 Å². The summed E-state index contributed by atoms with van der Waals surface area (Å²) in [5.41, 5.74) is 0.953. The van der Waals surface area contributed by atoms with Gasteiger partial charge < -0.3 is 9.84 Å². The molecular weight excluding hydrogens is 380 g/mol. The first kappa shape index (κ1) is 24.6. The lowest BCUT2D eigenvalue weighted by atomic mass is 9.91. The van der Waals surface area contributed by atoms with E-state index in [0.717, 1.165) is 37.7 Å². The minimum absolute atomic E-state index is 0.0158. The van der Waals surface area contributed by atoms with Gasteiger partial charge in [-0.25, -0.2) is 0 Å². The van der Waals surface area contributed by atoms with Crippen molar-refractivity contribution in [1.82, 2.24) is 0 Å². The van der Waals surface area contributed by atoms with Gasteiger partial charge in [0.2, 0.25) is 0 Å². The molecule has 160 valence electrons. The second kappa shape index (κ2) is 12.2. The van der Waals surface area contributed by atoms with E-state index in [4.69, 9.17) is 8.92 Å². The van der Waals surface area contributed by atoms with E-state index < -0.39 is 16.2 Å². The summed E-state index contributed by atoms with van der Waals surface area (Å²) in [4.78, 5) is 11.4. The summed E-state index contributed by atoms with van der Waals surface area (Å²) in [6.07, 6.45) is 3.89. The number of aliphatic hydroxyl groups excluding tert-OH is 1. The molecule has 0 radical (unpaired) electrons. The topological polar surface area (TPSA) is 89.9 Å². The molecule has 1 saturated carbocycles. The summed E-state index contributed by atoms with van der Waals surface area (Å²) in [6.45, 7) is 6.95. The molecule has 0 spiro atoms. The fraction of sp³-hybridized carbons (Fsp3) is 0.667. The molecule has 0 saturated heterocycles. The maximum absolute atomic E-state index is 12.2. The van der Waals surface area contributed by atoms with Crippen LogP contribution in [0.5, 0.6) is 0 Å². The summed E-state index contributed by atoms with van der Waals surface area (Å²) in [6, 6.07) is 6.36. The summed E-state index contributed by atoms with van der Waals surface area (Å²) < 4.78 is 34.8. The van der Waals surface area contributed by atoms with Gasteiger partial charge in [-0.15, -0.1) is 0 Å². The number of rotatable bonds is 7. The van der Waals surface area contributed by atoms with Gasteiger partial charge in [-0.05, 0) is 50.7 Å². The van der Waals surface area contributed by atoms with E-state index in [0.29, 0.717) is 6.42 Å². The van der Waals surface area contributed by atoms with Crippen LogP contribution in [0, 0.1) is 12.8 Å². The predicted octanol–water partition coefficient (Wildman–Crippen LogP) is 3.99. The summed E-state index contributed by atoms with van der Waals surface area (Å²) >= 11 is 0. The molecule has 1 aliphatic carbocycles. The van der Waals surface area contributed by atoms with Crippen LogP contribution in [0.15, 0.2) is 29.2 Å². The van der Waals surface area contributed by atoms with Crippen molar-refractivity contribution in [3.8, 4) is 0 Å². The zero-order valence-corrected chi connectivity index (χ0v) is 18.2. The molecule has 0 bridgehead atoms. The van der Waals surface area contributed by atoms with Crippen molar-refractivity contribution in [2.24, 2.45) is 5.92 Å². The molecule has 0 amide bonds. The van der Waals surface area contributed by atoms with Crippen molar-refractivity contribution in [1.29, 1.82) is 0 Å². The maximum atomic E-state index is 12.2. The van der Waals surface area contributed by atoms with E-state index in [2.05, 4.69) is 0 Å². The highest BCUT2D eigenvalue weighted by atomic mass is 32.2.